The molecule has 5 rings (SSSR count). The van der Waals surface area contributed by atoms with E-state index in [2.05, 4.69) is 0 Å². The van der Waals surface area contributed by atoms with Crippen LogP contribution in [0, 0.1) is 0 Å². The first-order chi connectivity index (χ1) is 14.0. The van der Waals surface area contributed by atoms with Gasteiger partial charge in [0.15, 0.2) is 5.60 Å². The number of hydrogen-bond acceptors (Lipinski definition) is 3. The number of anilines is 2. The van der Waals surface area contributed by atoms with Crippen LogP contribution in [0.2, 0.25) is 0 Å². The molecule has 3 aromatic rings. The highest BCUT2D eigenvalue weighted by atomic mass is 16.3. The van der Waals surface area contributed by atoms with Crippen molar-refractivity contribution >= 4 is 23.2 Å². The quantitative estimate of drug-likeness (QED) is 0.755. The van der Waals surface area contributed by atoms with Gasteiger partial charge in [-0.3, -0.25) is 9.59 Å². The summed E-state index contributed by atoms with van der Waals surface area (Å²) in [5.74, 6) is -1.72. The normalized spacial score (nSPS) is 22.8. The first kappa shape index (κ1) is 17.6. The van der Waals surface area contributed by atoms with Gasteiger partial charge < -0.3 is 14.9 Å². The van der Waals surface area contributed by atoms with Crippen LogP contribution in [0.4, 0.5) is 11.4 Å². The Hall–Kier alpha value is -3.44. The van der Waals surface area contributed by atoms with Crippen molar-refractivity contribution in [2.45, 2.75) is 18.1 Å². The highest BCUT2D eigenvalue weighted by Crippen LogP contribution is 2.53. The Morgan fingerprint density at radius 2 is 1.48 bits per heavy atom. The lowest BCUT2D eigenvalue weighted by Crippen LogP contribution is -2.47. The summed E-state index contributed by atoms with van der Waals surface area (Å²) in [5, 5.41) is 11.9. The van der Waals surface area contributed by atoms with E-state index in [1.54, 1.807) is 24.1 Å². The van der Waals surface area contributed by atoms with E-state index in [1.165, 1.54) is 4.90 Å². The van der Waals surface area contributed by atoms with E-state index in [-0.39, 0.29) is 5.91 Å². The zero-order chi connectivity index (χ0) is 20.2. The minimum Gasteiger partial charge on any atom is -0.374 e. The van der Waals surface area contributed by atoms with E-state index in [4.69, 9.17) is 0 Å². The molecule has 3 aromatic carbocycles. The zero-order valence-electron chi connectivity index (χ0n) is 15.9. The third-order valence-corrected chi connectivity index (χ3v) is 5.96. The first-order valence-electron chi connectivity index (χ1n) is 9.57. The summed E-state index contributed by atoms with van der Waals surface area (Å²) >= 11 is 0. The maximum Gasteiger partial charge on any atom is 0.265 e. The molecule has 0 fully saturated rings. The largest absolute Gasteiger partial charge is 0.374 e. The van der Waals surface area contributed by atoms with Crippen LogP contribution in [-0.4, -0.2) is 24.0 Å². The number of fused-ring (bicyclic) bond motifs is 2. The summed E-state index contributed by atoms with van der Waals surface area (Å²) in [4.78, 5) is 29.9. The van der Waals surface area contributed by atoms with E-state index < -0.39 is 17.4 Å². The summed E-state index contributed by atoms with van der Waals surface area (Å²) < 4.78 is 0. The number of aliphatic hydroxyl groups is 1. The van der Waals surface area contributed by atoms with Crippen molar-refractivity contribution in [2.24, 2.45) is 0 Å². The van der Waals surface area contributed by atoms with Crippen LogP contribution in [0.15, 0.2) is 78.9 Å². The molecule has 1 N–H and O–H groups in total. The van der Waals surface area contributed by atoms with Crippen LogP contribution >= 0.6 is 0 Å². The third kappa shape index (κ3) is 2.37. The predicted octanol–water partition coefficient (Wildman–Crippen LogP) is 3.18. The molecule has 0 spiro atoms. The molecule has 144 valence electrons. The van der Waals surface area contributed by atoms with Crippen molar-refractivity contribution in [3.8, 4) is 0 Å². The lowest BCUT2D eigenvalue weighted by molar-refractivity contribution is -0.144. The van der Waals surface area contributed by atoms with Gasteiger partial charge in [0.05, 0.1) is 12.2 Å². The molecule has 2 aliphatic heterocycles. The Kier molecular flexibility index (Phi) is 3.83. The van der Waals surface area contributed by atoms with E-state index in [1.807, 2.05) is 66.7 Å². The summed E-state index contributed by atoms with van der Waals surface area (Å²) in [6.45, 7) is 0.331. The minimum absolute atomic E-state index is 0.279. The Morgan fingerprint density at radius 3 is 2.24 bits per heavy atom. The lowest BCUT2D eigenvalue weighted by atomic mass is 9.78. The Morgan fingerprint density at radius 1 is 0.862 bits per heavy atom. The molecule has 2 aliphatic rings. The second-order valence-electron chi connectivity index (χ2n) is 7.55. The number of carbonyl (C=O) groups is 2. The van der Waals surface area contributed by atoms with Gasteiger partial charge in [0.2, 0.25) is 5.91 Å². The van der Waals surface area contributed by atoms with Gasteiger partial charge in [-0.1, -0.05) is 66.7 Å². The van der Waals surface area contributed by atoms with Crippen LogP contribution in [0.5, 0.6) is 0 Å². The maximum atomic E-state index is 13.6. The third-order valence-electron chi connectivity index (χ3n) is 5.96. The van der Waals surface area contributed by atoms with E-state index >= 15 is 0 Å². The fourth-order valence-corrected chi connectivity index (χ4v) is 4.55. The molecular weight excluding hydrogens is 364 g/mol. The first-order valence-corrected chi connectivity index (χ1v) is 9.57. The van der Waals surface area contributed by atoms with Crippen LogP contribution < -0.4 is 9.80 Å². The zero-order valence-corrected chi connectivity index (χ0v) is 15.9. The van der Waals surface area contributed by atoms with Gasteiger partial charge in [-0.15, -0.1) is 0 Å². The van der Waals surface area contributed by atoms with Gasteiger partial charge in [0.1, 0.15) is 5.92 Å². The van der Waals surface area contributed by atoms with Gasteiger partial charge in [-0.2, -0.15) is 0 Å². The highest BCUT2D eigenvalue weighted by Gasteiger charge is 2.60. The number of carbonyl (C=O) groups excluding carboxylic acids is 2. The SMILES string of the molecule is CN1C(=O)C(C2(O)C(=O)N(Cc3ccccc3)c3ccccc32)c2ccccc21. The number of likely N-dealkylation sites (N-methyl/N-ethyl adjacent to an activating group) is 1. The standard InChI is InChI=1S/C24H20N2O3/c1-25-19-13-7-5-11-17(19)21(22(25)27)24(29)18-12-6-8-14-20(18)26(23(24)28)15-16-9-3-2-4-10-16/h2-14,21,29H,15H2,1H3. The Labute approximate surface area is 168 Å². The Balaban J connectivity index is 1.66. The second kappa shape index (κ2) is 6.29. The average molecular weight is 384 g/mol. The summed E-state index contributed by atoms with van der Waals surface area (Å²) in [6, 6.07) is 24.2. The van der Waals surface area contributed by atoms with Gasteiger partial charge in [-0.05, 0) is 23.3 Å². The van der Waals surface area contributed by atoms with Gasteiger partial charge in [0, 0.05) is 18.3 Å². The molecule has 5 heteroatoms. The number of rotatable bonds is 3. The van der Waals surface area contributed by atoms with Crippen molar-refractivity contribution in [1.82, 2.24) is 0 Å². The fraction of sp³-hybridized carbons (Fsp3) is 0.167. The van der Waals surface area contributed by atoms with Crippen LogP contribution in [0.25, 0.3) is 0 Å². The topological polar surface area (TPSA) is 60.9 Å². The number of benzene rings is 3. The summed E-state index contributed by atoms with van der Waals surface area (Å²) in [6.07, 6.45) is 0. The molecule has 0 radical (unpaired) electrons. The predicted molar refractivity (Wildman–Crippen MR) is 111 cm³/mol. The van der Waals surface area contributed by atoms with Crippen LogP contribution in [0.1, 0.15) is 22.6 Å². The van der Waals surface area contributed by atoms with E-state index in [0.717, 1.165) is 11.3 Å². The highest BCUT2D eigenvalue weighted by molar-refractivity contribution is 6.15. The smallest absolute Gasteiger partial charge is 0.265 e. The van der Waals surface area contributed by atoms with Crippen LogP contribution in [0.3, 0.4) is 0 Å². The number of para-hydroxylation sites is 2. The summed E-state index contributed by atoms with van der Waals surface area (Å²) in [7, 11) is 1.68. The molecule has 2 unspecified atom stereocenters. The van der Waals surface area contributed by atoms with Crippen molar-refractivity contribution in [1.29, 1.82) is 0 Å². The molecule has 0 aliphatic carbocycles. The second-order valence-corrected chi connectivity index (χ2v) is 7.55. The molecule has 0 aromatic heterocycles. The number of amides is 2. The monoisotopic (exact) mass is 384 g/mol. The number of nitrogens with zero attached hydrogens (tertiary/aromatic N) is 2. The van der Waals surface area contributed by atoms with E-state index in [0.29, 0.717) is 23.4 Å². The van der Waals surface area contributed by atoms with Gasteiger partial charge >= 0.3 is 0 Å². The molecule has 2 atom stereocenters. The van der Waals surface area contributed by atoms with Crippen molar-refractivity contribution in [2.75, 3.05) is 16.8 Å². The molecule has 5 nitrogen and oxygen atoms in total. The lowest BCUT2D eigenvalue weighted by Gasteiger charge is -2.28. The van der Waals surface area contributed by atoms with Gasteiger partial charge in [-0.25, -0.2) is 0 Å². The molecule has 2 heterocycles. The molecule has 0 bridgehead atoms. The Bertz CT molecular complexity index is 1130. The van der Waals surface area contributed by atoms with Gasteiger partial charge in [0.25, 0.3) is 5.91 Å². The van der Waals surface area contributed by atoms with Crippen LogP contribution in [-0.2, 0) is 21.7 Å². The molecule has 0 saturated carbocycles. The van der Waals surface area contributed by atoms with Crippen molar-refractivity contribution in [3.05, 3.63) is 95.6 Å². The fourth-order valence-electron chi connectivity index (χ4n) is 4.55. The van der Waals surface area contributed by atoms with Crippen molar-refractivity contribution in [3.63, 3.8) is 0 Å². The van der Waals surface area contributed by atoms with E-state index in [9.17, 15) is 14.7 Å². The molecule has 0 saturated heterocycles. The maximum absolute atomic E-state index is 13.6. The number of hydrogen-bond donors (Lipinski definition) is 1. The minimum atomic E-state index is -1.94. The molecule has 29 heavy (non-hydrogen) atoms. The van der Waals surface area contributed by atoms with Crippen molar-refractivity contribution < 1.29 is 14.7 Å². The molecule has 2 amide bonds. The average Bonchev–Trinajstić information content (AvgIpc) is 3.13. The summed E-state index contributed by atoms with van der Waals surface area (Å²) in [5.41, 5.74) is 1.53. The molecular formula is C24H20N2O3.